The molecular formula is C2H3BNS. The molecule has 0 bridgehead atoms. The molecule has 0 aromatic rings. The summed E-state index contributed by atoms with van der Waals surface area (Å²) in [4.78, 5) is 0. The van der Waals surface area contributed by atoms with Crippen LogP contribution in [-0.2, 0) is 0 Å². The maximum atomic E-state index is 2.88. The van der Waals surface area contributed by atoms with Gasteiger partial charge in [0, 0.05) is 0 Å². The quantitative estimate of drug-likeness (QED) is 0.424. The van der Waals surface area contributed by atoms with Crippen molar-refractivity contribution in [2.24, 2.45) is 0 Å². The van der Waals surface area contributed by atoms with E-state index < -0.39 is 0 Å². The van der Waals surface area contributed by atoms with Gasteiger partial charge in [-0.2, -0.15) is 11.6 Å². The van der Waals surface area contributed by atoms with Gasteiger partial charge in [-0.3, -0.25) is 0 Å². The Kier molecular flexibility index (Phi) is 0.888. The first kappa shape index (κ1) is 3.16. The molecular weight excluding hydrogens is 80.9 g/mol. The van der Waals surface area contributed by atoms with E-state index in [1.165, 1.54) is 0 Å². The predicted molar refractivity (Wildman–Crippen MR) is 25.6 cm³/mol. The first-order valence-corrected chi connectivity index (χ1v) is 2.32. The van der Waals surface area contributed by atoms with Crippen LogP contribution in [0, 0.1) is 0 Å². The van der Waals surface area contributed by atoms with Gasteiger partial charge in [0.05, 0.1) is 0 Å². The minimum absolute atomic E-state index is 1.66. The Morgan fingerprint density at radius 2 is 2.80 bits per heavy atom. The largest absolute Gasteiger partial charge is 0.428 e. The lowest BCUT2D eigenvalue weighted by Gasteiger charge is -1.72. The van der Waals surface area contributed by atoms with Crippen molar-refractivity contribution >= 4 is 18.3 Å². The van der Waals surface area contributed by atoms with Crippen LogP contribution in [0.1, 0.15) is 0 Å². The minimum atomic E-state index is 1.66. The normalized spacial score (nSPS) is 17.6. The van der Waals surface area contributed by atoms with E-state index in [-0.39, 0.29) is 0 Å². The van der Waals surface area contributed by atoms with E-state index in [9.17, 15) is 0 Å². The molecule has 0 spiro atoms. The molecule has 1 aliphatic rings. The van der Waals surface area contributed by atoms with Gasteiger partial charge in [0.15, 0.2) is 0 Å². The van der Waals surface area contributed by atoms with Crippen molar-refractivity contribution in [2.45, 2.75) is 0 Å². The molecule has 25 valence electrons. The summed E-state index contributed by atoms with van der Waals surface area (Å²) in [5.74, 6) is 0. The molecule has 0 fully saturated rings. The predicted octanol–water partition coefficient (Wildman–Crippen LogP) is 0.328. The van der Waals surface area contributed by atoms with Gasteiger partial charge in [-0.05, 0) is 11.6 Å². The molecule has 0 atom stereocenters. The van der Waals surface area contributed by atoms with Crippen LogP contribution in [-0.4, -0.2) is 6.69 Å². The van der Waals surface area contributed by atoms with Crippen molar-refractivity contribution in [2.75, 3.05) is 0 Å². The van der Waals surface area contributed by atoms with Crippen molar-refractivity contribution < 1.29 is 0 Å². The Hall–Kier alpha value is -0.0451. The average molecular weight is 83.9 g/mol. The van der Waals surface area contributed by atoms with Crippen LogP contribution >= 0.6 is 11.6 Å². The summed E-state index contributed by atoms with van der Waals surface area (Å²) in [6, 6.07) is 0. The summed E-state index contributed by atoms with van der Waals surface area (Å²) in [7, 11) is 0. The van der Waals surface area contributed by atoms with Gasteiger partial charge in [0.25, 0.3) is 0 Å². The van der Waals surface area contributed by atoms with Crippen molar-refractivity contribution in [3.05, 3.63) is 11.6 Å². The second-order valence-corrected chi connectivity index (χ2v) is 1.50. The molecule has 0 aromatic carbocycles. The Bertz CT molecular complexity index is 47.6. The second kappa shape index (κ2) is 1.41. The van der Waals surface area contributed by atoms with Crippen LogP contribution < -0.4 is 5.23 Å². The van der Waals surface area contributed by atoms with E-state index in [0.29, 0.717) is 0 Å². The molecule has 0 aliphatic carbocycles. The van der Waals surface area contributed by atoms with E-state index in [1.807, 2.05) is 18.3 Å². The molecule has 1 nitrogen and oxygen atoms in total. The molecule has 0 amide bonds. The van der Waals surface area contributed by atoms with Gasteiger partial charge in [0.1, 0.15) is 0 Å². The van der Waals surface area contributed by atoms with Crippen LogP contribution in [0.4, 0.5) is 0 Å². The Labute approximate surface area is 36.0 Å². The lowest BCUT2D eigenvalue weighted by molar-refractivity contribution is 1.41. The summed E-state index contributed by atoms with van der Waals surface area (Å²) < 4.78 is 0. The van der Waals surface area contributed by atoms with Crippen molar-refractivity contribution in [1.29, 1.82) is 0 Å². The summed E-state index contributed by atoms with van der Waals surface area (Å²) in [5, 5.41) is 4.87. The summed E-state index contributed by atoms with van der Waals surface area (Å²) in [5.41, 5.74) is 0. The lowest BCUT2D eigenvalue weighted by atomic mass is 10.4. The summed E-state index contributed by atoms with van der Waals surface area (Å²) in [6.07, 6.45) is 1.89. The second-order valence-electron chi connectivity index (χ2n) is 0.723. The molecule has 0 saturated carbocycles. The van der Waals surface area contributed by atoms with Crippen LogP contribution in [0.15, 0.2) is 11.6 Å². The SMILES string of the molecule is [B]1NC=CS1. The van der Waals surface area contributed by atoms with Gasteiger partial charge >= 0.3 is 6.69 Å². The maximum absolute atomic E-state index is 2.88. The van der Waals surface area contributed by atoms with Gasteiger partial charge in [0.2, 0.25) is 0 Å². The standard InChI is InChI=1S/C2H3BNS/c1-2-5-3-4-1/h1-2,4H. The lowest BCUT2D eigenvalue weighted by Crippen LogP contribution is -1.99. The number of rotatable bonds is 0. The van der Waals surface area contributed by atoms with E-state index in [2.05, 4.69) is 5.23 Å². The van der Waals surface area contributed by atoms with Gasteiger partial charge in [-0.15, -0.1) is 0 Å². The smallest absolute Gasteiger partial charge is 0.327 e. The molecule has 0 saturated heterocycles. The van der Waals surface area contributed by atoms with E-state index in [1.54, 1.807) is 11.6 Å². The third kappa shape index (κ3) is 0.616. The molecule has 0 aromatic heterocycles. The highest BCUT2D eigenvalue weighted by Gasteiger charge is 1.87. The third-order valence-corrected chi connectivity index (χ3v) is 0.944. The van der Waals surface area contributed by atoms with E-state index in [4.69, 9.17) is 0 Å². The first-order chi connectivity index (χ1) is 2.50. The zero-order valence-corrected chi connectivity index (χ0v) is 3.46. The zero-order chi connectivity index (χ0) is 3.54. The molecule has 1 N–H and O–H groups in total. The molecule has 1 aliphatic heterocycles. The van der Waals surface area contributed by atoms with Crippen LogP contribution in [0.2, 0.25) is 0 Å². The highest BCUT2D eigenvalue weighted by molar-refractivity contribution is 8.24. The highest BCUT2D eigenvalue weighted by Crippen LogP contribution is 1.99. The topological polar surface area (TPSA) is 12.0 Å². The molecule has 1 rings (SSSR count). The first-order valence-electron chi connectivity index (χ1n) is 1.38. The number of hydrogen-bond donors (Lipinski definition) is 1. The highest BCUT2D eigenvalue weighted by atomic mass is 32.2. The van der Waals surface area contributed by atoms with Gasteiger partial charge in [-0.25, -0.2) is 0 Å². The van der Waals surface area contributed by atoms with Crippen LogP contribution in [0.25, 0.3) is 0 Å². The summed E-state index contributed by atoms with van der Waals surface area (Å²) >= 11 is 1.66. The van der Waals surface area contributed by atoms with Crippen LogP contribution in [0.3, 0.4) is 0 Å². The fourth-order valence-corrected chi connectivity index (χ4v) is 0.589. The Morgan fingerprint density at radius 1 is 1.80 bits per heavy atom. The fourth-order valence-electron chi connectivity index (χ4n) is 0.196. The third-order valence-electron chi connectivity index (χ3n) is 0.379. The minimum Gasteiger partial charge on any atom is -0.428 e. The van der Waals surface area contributed by atoms with Crippen molar-refractivity contribution in [3.8, 4) is 0 Å². The summed E-state index contributed by atoms with van der Waals surface area (Å²) in [6.45, 7) is 1.92. The molecule has 1 radical (unpaired) electrons. The molecule has 3 heteroatoms. The number of hydrogen-bond acceptors (Lipinski definition) is 2. The molecule has 1 heterocycles. The van der Waals surface area contributed by atoms with E-state index >= 15 is 0 Å². The van der Waals surface area contributed by atoms with Gasteiger partial charge < -0.3 is 5.23 Å². The van der Waals surface area contributed by atoms with E-state index in [0.717, 1.165) is 0 Å². The fraction of sp³-hybridized carbons (Fsp3) is 0. The van der Waals surface area contributed by atoms with Crippen molar-refractivity contribution in [3.63, 3.8) is 0 Å². The Morgan fingerprint density at radius 3 is 3.00 bits per heavy atom. The monoisotopic (exact) mass is 84.0 g/mol. The average Bonchev–Trinajstić information content (AvgIpc) is 1.76. The van der Waals surface area contributed by atoms with Crippen molar-refractivity contribution in [1.82, 2.24) is 5.23 Å². The maximum Gasteiger partial charge on any atom is 0.327 e. The molecule has 0 unspecified atom stereocenters. The van der Waals surface area contributed by atoms with Crippen LogP contribution in [0.5, 0.6) is 0 Å². The number of nitrogens with one attached hydrogen (secondary N) is 1. The van der Waals surface area contributed by atoms with Gasteiger partial charge in [-0.1, -0.05) is 0 Å². The zero-order valence-electron chi connectivity index (χ0n) is 2.64. The molecule has 5 heavy (non-hydrogen) atoms. The Balaban J connectivity index is 2.32.